The summed E-state index contributed by atoms with van der Waals surface area (Å²) >= 11 is 3.19. The van der Waals surface area contributed by atoms with E-state index in [2.05, 4.69) is 56.0 Å². The minimum absolute atomic E-state index is 0.0935. The van der Waals surface area contributed by atoms with Crippen LogP contribution in [0.3, 0.4) is 0 Å². The third kappa shape index (κ3) is 6.22. The fourth-order valence-electron chi connectivity index (χ4n) is 1.87. The summed E-state index contributed by atoms with van der Waals surface area (Å²) in [7, 11) is 0.200. The molecule has 0 bridgehead atoms. The molecular weight excluding hydrogens is 406 g/mol. The van der Waals surface area contributed by atoms with Gasteiger partial charge in [0.2, 0.25) is 0 Å². The van der Waals surface area contributed by atoms with Crippen LogP contribution < -0.4 is 5.32 Å². The van der Waals surface area contributed by atoms with Gasteiger partial charge in [-0.25, -0.2) is 19.4 Å². The molecule has 0 aliphatic heterocycles. The van der Waals surface area contributed by atoms with Crippen molar-refractivity contribution in [3.63, 3.8) is 0 Å². The standard InChI is InChI=1S/C15H22BrN5O3Si/c1-23-15(22)13-14(17-8-12(16)20-13)19-11-7-18-21(9-11)10-24-5-6-25(2,3)4/h7-9H,5-6,10H2,1-4H3,(H,17,19). The van der Waals surface area contributed by atoms with Crippen LogP contribution in [0.25, 0.3) is 0 Å². The summed E-state index contributed by atoms with van der Waals surface area (Å²) in [5, 5.41) is 7.25. The van der Waals surface area contributed by atoms with Crippen LogP contribution in [0, 0.1) is 0 Å². The summed E-state index contributed by atoms with van der Waals surface area (Å²) in [4.78, 5) is 20.1. The van der Waals surface area contributed by atoms with Gasteiger partial charge in [-0.05, 0) is 22.0 Å². The Balaban J connectivity index is 1.98. The third-order valence-electron chi connectivity index (χ3n) is 3.24. The first-order valence-corrected chi connectivity index (χ1v) is 12.3. The lowest BCUT2D eigenvalue weighted by Gasteiger charge is -2.15. The van der Waals surface area contributed by atoms with E-state index < -0.39 is 14.0 Å². The summed E-state index contributed by atoms with van der Waals surface area (Å²) in [5.41, 5.74) is 0.770. The summed E-state index contributed by atoms with van der Waals surface area (Å²) in [6, 6.07) is 1.11. The summed E-state index contributed by atoms with van der Waals surface area (Å²) in [6.45, 7) is 8.03. The van der Waals surface area contributed by atoms with Crippen molar-refractivity contribution in [1.82, 2.24) is 19.7 Å². The van der Waals surface area contributed by atoms with Crippen molar-refractivity contribution in [1.29, 1.82) is 0 Å². The number of nitrogens with zero attached hydrogens (tertiary/aromatic N) is 4. The molecule has 25 heavy (non-hydrogen) atoms. The molecule has 0 unspecified atom stereocenters. The Kier molecular flexibility index (Phi) is 6.68. The first-order chi connectivity index (χ1) is 11.8. The number of esters is 1. The van der Waals surface area contributed by atoms with Crippen LogP contribution >= 0.6 is 15.9 Å². The highest BCUT2D eigenvalue weighted by molar-refractivity contribution is 9.10. The summed E-state index contributed by atoms with van der Waals surface area (Å²) in [5.74, 6) is -0.271. The fourth-order valence-corrected chi connectivity index (χ4v) is 2.91. The number of ether oxygens (including phenoxy) is 2. The van der Waals surface area contributed by atoms with E-state index in [1.807, 2.05) is 0 Å². The summed E-state index contributed by atoms with van der Waals surface area (Å²) in [6.07, 6.45) is 4.91. The smallest absolute Gasteiger partial charge is 0.360 e. The molecule has 2 aromatic heterocycles. The number of hydrogen-bond acceptors (Lipinski definition) is 7. The van der Waals surface area contributed by atoms with Crippen molar-refractivity contribution in [2.24, 2.45) is 0 Å². The van der Waals surface area contributed by atoms with Gasteiger partial charge in [0, 0.05) is 14.7 Å². The van der Waals surface area contributed by atoms with Crippen molar-refractivity contribution in [2.45, 2.75) is 32.4 Å². The first kappa shape index (κ1) is 19.5. The van der Waals surface area contributed by atoms with E-state index in [1.54, 1.807) is 17.1 Å². The maximum atomic E-state index is 11.8. The van der Waals surface area contributed by atoms with Crippen molar-refractivity contribution < 1.29 is 14.3 Å². The molecule has 8 nitrogen and oxygen atoms in total. The SMILES string of the molecule is COC(=O)c1nc(Br)cnc1Nc1cnn(COCC[Si](C)(C)C)c1. The highest BCUT2D eigenvalue weighted by Gasteiger charge is 2.17. The molecule has 1 N–H and O–H groups in total. The van der Waals surface area contributed by atoms with Crippen LogP contribution in [0.4, 0.5) is 11.5 Å². The first-order valence-electron chi connectivity index (χ1n) is 7.76. The van der Waals surface area contributed by atoms with E-state index in [9.17, 15) is 4.79 Å². The van der Waals surface area contributed by atoms with Crippen molar-refractivity contribution >= 4 is 41.5 Å². The minimum Gasteiger partial charge on any atom is -0.464 e. The lowest BCUT2D eigenvalue weighted by atomic mass is 10.4. The molecule has 2 rings (SSSR count). The van der Waals surface area contributed by atoms with E-state index in [1.165, 1.54) is 13.3 Å². The molecule has 0 aromatic carbocycles. The molecule has 0 fully saturated rings. The van der Waals surface area contributed by atoms with Gasteiger partial charge < -0.3 is 14.8 Å². The fraction of sp³-hybridized carbons (Fsp3) is 0.467. The average molecular weight is 428 g/mol. The Labute approximate surface area is 156 Å². The van der Waals surface area contributed by atoms with Crippen LogP contribution in [-0.2, 0) is 16.2 Å². The highest BCUT2D eigenvalue weighted by atomic mass is 79.9. The molecule has 0 saturated carbocycles. The van der Waals surface area contributed by atoms with Crippen molar-refractivity contribution in [3.05, 3.63) is 28.9 Å². The van der Waals surface area contributed by atoms with E-state index >= 15 is 0 Å². The monoisotopic (exact) mass is 427 g/mol. The minimum atomic E-state index is -1.10. The number of nitrogens with one attached hydrogen (secondary N) is 1. The van der Waals surface area contributed by atoms with Crippen LogP contribution in [0.15, 0.2) is 23.2 Å². The van der Waals surface area contributed by atoms with Gasteiger partial charge in [0.05, 0.1) is 31.4 Å². The largest absolute Gasteiger partial charge is 0.464 e. The van der Waals surface area contributed by atoms with Gasteiger partial charge in [0.25, 0.3) is 0 Å². The van der Waals surface area contributed by atoms with Gasteiger partial charge in [-0.15, -0.1) is 0 Å². The molecule has 0 spiro atoms. The topological polar surface area (TPSA) is 91.2 Å². The molecule has 0 aliphatic rings. The van der Waals surface area contributed by atoms with E-state index in [4.69, 9.17) is 9.47 Å². The van der Waals surface area contributed by atoms with Crippen molar-refractivity contribution in [2.75, 3.05) is 19.0 Å². The number of anilines is 2. The molecular formula is C15H22BrN5O3Si. The zero-order valence-electron chi connectivity index (χ0n) is 14.7. The Bertz CT molecular complexity index is 732. The van der Waals surface area contributed by atoms with Gasteiger partial charge in [-0.2, -0.15) is 5.10 Å². The Morgan fingerprint density at radius 3 is 2.80 bits per heavy atom. The second-order valence-electron chi connectivity index (χ2n) is 6.62. The maximum absolute atomic E-state index is 11.8. The van der Waals surface area contributed by atoms with Gasteiger partial charge >= 0.3 is 5.97 Å². The average Bonchev–Trinajstić information content (AvgIpc) is 2.99. The van der Waals surface area contributed by atoms with E-state index in [0.717, 1.165) is 12.7 Å². The maximum Gasteiger partial charge on any atom is 0.360 e. The summed E-state index contributed by atoms with van der Waals surface area (Å²) < 4.78 is 12.5. The van der Waals surface area contributed by atoms with Gasteiger partial charge in [-0.1, -0.05) is 19.6 Å². The zero-order valence-corrected chi connectivity index (χ0v) is 17.3. The van der Waals surface area contributed by atoms with Crippen LogP contribution in [0.2, 0.25) is 25.7 Å². The molecule has 0 saturated heterocycles. The Morgan fingerprint density at radius 2 is 2.12 bits per heavy atom. The number of aromatic nitrogens is 4. The number of hydrogen-bond donors (Lipinski definition) is 1. The number of halogens is 1. The predicted molar refractivity (Wildman–Crippen MR) is 101 cm³/mol. The number of carbonyl (C=O) groups excluding carboxylic acids is 1. The van der Waals surface area contributed by atoms with Crippen molar-refractivity contribution in [3.8, 4) is 0 Å². The lowest BCUT2D eigenvalue weighted by molar-refractivity contribution is 0.0594. The number of carbonyl (C=O) groups is 1. The second kappa shape index (κ2) is 8.54. The van der Waals surface area contributed by atoms with Gasteiger partial charge in [0.1, 0.15) is 11.3 Å². The molecule has 136 valence electrons. The second-order valence-corrected chi connectivity index (χ2v) is 13.1. The number of rotatable bonds is 8. The quantitative estimate of drug-likeness (QED) is 0.392. The van der Waals surface area contributed by atoms with E-state index in [-0.39, 0.29) is 5.69 Å². The zero-order chi connectivity index (χ0) is 18.4. The molecule has 0 atom stereocenters. The van der Waals surface area contributed by atoms with Gasteiger partial charge in [0.15, 0.2) is 11.5 Å². The molecule has 0 aliphatic carbocycles. The Morgan fingerprint density at radius 1 is 1.36 bits per heavy atom. The van der Waals surface area contributed by atoms with Crippen LogP contribution in [-0.4, -0.2) is 47.5 Å². The van der Waals surface area contributed by atoms with Crippen LogP contribution in [0.5, 0.6) is 0 Å². The molecule has 10 heteroatoms. The molecule has 0 radical (unpaired) electrons. The molecule has 0 amide bonds. The third-order valence-corrected chi connectivity index (χ3v) is 5.32. The number of methoxy groups -OCH3 is 1. The normalized spacial score (nSPS) is 11.4. The van der Waals surface area contributed by atoms with Crippen LogP contribution in [0.1, 0.15) is 10.5 Å². The highest BCUT2D eigenvalue weighted by Crippen LogP contribution is 2.19. The molecule has 2 aromatic rings. The van der Waals surface area contributed by atoms with E-state index in [0.29, 0.717) is 22.8 Å². The Hall–Kier alpha value is -1.78. The van der Waals surface area contributed by atoms with Gasteiger partial charge in [-0.3, -0.25) is 0 Å². The predicted octanol–water partition coefficient (Wildman–Crippen LogP) is 3.28. The molecule has 2 heterocycles. The lowest BCUT2D eigenvalue weighted by Crippen LogP contribution is -2.22.